The summed E-state index contributed by atoms with van der Waals surface area (Å²) >= 11 is 0. The minimum Gasteiger partial charge on any atom is -0.494 e. The second-order valence-electron chi connectivity index (χ2n) is 5.71. The molecule has 1 aliphatic carbocycles. The molecule has 3 nitrogen and oxygen atoms in total. The Morgan fingerprint density at radius 2 is 2.10 bits per heavy atom. The lowest BCUT2D eigenvalue weighted by Gasteiger charge is -2.28. The number of benzene rings is 1. The first kappa shape index (κ1) is 15.3. The summed E-state index contributed by atoms with van der Waals surface area (Å²) in [4.78, 5) is 0. The molecule has 0 saturated heterocycles. The van der Waals surface area contributed by atoms with Crippen molar-refractivity contribution in [3.8, 4) is 5.75 Å². The first-order valence-corrected chi connectivity index (χ1v) is 8.02. The van der Waals surface area contributed by atoms with Gasteiger partial charge in [0, 0.05) is 18.6 Å². The highest BCUT2D eigenvalue weighted by atomic mass is 16.5. The highest BCUT2D eigenvalue weighted by Gasteiger charge is 2.18. The number of nitrogens with one attached hydrogen (secondary N) is 1. The topological polar surface area (TPSA) is 47.3 Å². The summed E-state index contributed by atoms with van der Waals surface area (Å²) in [5.41, 5.74) is 7.21. The summed E-state index contributed by atoms with van der Waals surface area (Å²) in [5, 5.41) is 3.72. The third kappa shape index (κ3) is 4.50. The normalized spacial score (nSPS) is 17.9. The van der Waals surface area contributed by atoms with E-state index < -0.39 is 0 Å². The van der Waals surface area contributed by atoms with Gasteiger partial charge < -0.3 is 15.8 Å². The van der Waals surface area contributed by atoms with Crippen molar-refractivity contribution in [3.05, 3.63) is 29.8 Å². The van der Waals surface area contributed by atoms with Gasteiger partial charge in [0.2, 0.25) is 0 Å². The molecular weight excluding hydrogens is 248 g/mol. The van der Waals surface area contributed by atoms with Crippen LogP contribution in [0.15, 0.2) is 24.3 Å². The summed E-state index contributed by atoms with van der Waals surface area (Å²) < 4.78 is 5.71. The molecule has 112 valence electrons. The van der Waals surface area contributed by atoms with Crippen LogP contribution in [-0.2, 0) is 0 Å². The maximum Gasteiger partial charge on any atom is 0.119 e. The minimum absolute atomic E-state index is 0.239. The maximum absolute atomic E-state index is 5.97. The van der Waals surface area contributed by atoms with Gasteiger partial charge in [-0.2, -0.15) is 0 Å². The molecule has 1 aromatic rings. The van der Waals surface area contributed by atoms with Crippen LogP contribution in [0.25, 0.3) is 0 Å². The van der Waals surface area contributed by atoms with Crippen molar-refractivity contribution in [2.75, 3.05) is 13.2 Å². The van der Waals surface area contributed by atoms with Crippen LogP contribution in [-0.4, -0.2) is 19.2 Å². The molecule has 1 atom stereocenters. The van der Waals surface area contributed by atoms with E-state index in [0.717, 1.165) is 18.8 Å². The van der Waals surface area contributed by atoms with E-state index in [2.05, 4.69) is 30.4 Å². The molecule has 3 heteroatoms. The van der Waals surface area contributed by atoms with E-state index in [0.29, 0.717) is 12.6 Å². The Hall–Kier alpha value is -1.06. The van der Waals surface area contributed by atoms with Crippen LogP contribution in [0.4, 0.5) is 0 Å². The SMILES string of the molecule is CCCOc1cccc(C(CN)NC2CCCCC2)c1. The van der Waals surface area contributed by atoms with Crippen LogP contribution in [0, 0.1) is 0 Å². The monoisotopic (exact) mass is 276 g/mol. The molecular formula is C17H28N2O. The van der Waals surface area contributed by atoms with Gasteiger partial charge in [-0.3, -0.25) is 0 Å². The van der Waals surface area contributed by atoms with Crippen molar-refractivity contribution >= 4 is 0 Å². The summed E-state index contributed by atoms with van der Waals surface area (Å²) in [6.45, 7) is 3.53. The zero-order valence-electron chi connectivity index (χ0n) is 12.6. The number of nitrogens with two attached hydrogens (primary N) is 1. The molecule has 0 aliphatic heterocycles. The van der Waals surface area contributed by atoms with Crippen molar-refractivity contribution in [2.45, 2.75) is 57.5 Å². The van der Waals surface area contributed by atoms with Gasteiger partial charge in [0.25, 0.3) is 0 Å². The second kappa shape index (κ2) is 8.28. The highest BCUT2D eigenvalue weighted by molar-refractivity contribution is 5.31. The first-order valence-electron chi connectivity index (χ1n) is 8.02. The van der Waals surface area contributed by atoms with E-state index in [4.69, 9.17) is 10.5 Å². The van der Waals surface area contributed by atoms with E-state index >= 15 is 0 Å². The molecule has 20 heavy (non-hydrogen) atoms. The molecule has 1 saturated carbocycles. The minimum atomic E-state index is 0.239. The Kier molecular flexibility index (Phi) is 6.34. The Morgan fingerprint density at radius 3 is 2.80 bits per heavy atom. The fourth-order valence-corrected chi connectivity index (χ4v) is 2.90. The average Bonchev–Trinajstić information content (AvgIpc) is 2.52. The van der Waals surface area contributed by atoms with E-state index in [9.17, 15) is 0 Å². The van der Waals surface area contributed by atoms with Crippen molar-refractivity contribution in [1.82, 2.24) is 5.32 Å². The van der Waals surface area contributed by atoms with Crippen LogP contribution < -0.4 is 15.8 Å². The molecule has 0 radical (unpaired) electrons. The average molecular weight is 276 g/mol. The molecule has 0 bridgehead atoms. The van der Waals surface area contributed by atoms with Crippen LogP contribution in [0.1, 0.15) is 57.1 Å². The third-order valence-electron chi connectivity index (χ3n) is 4.01. The predicted octanol–water partition coefficient (Wildman–Crippen LogP) is 3.40. The number of hydrogen-bond acceptors (Lipinski definition) is 3. The largest absolute Gasteiger partial charge is 0.494 e. The van der Waals surface area contributed by atoms with Crippen LogP contribution in [0.2, 0.25) is 0 Å². The van der Waals surface area contributed by atoms with Gasteiger partial charge in [0.05, 0.1) is 6.61 Å². The van der Waals surface area contributed by atoms with E-state index in [-0.39, 0.29) is 6.04 Å². The molecule has 0 amide bonds. The third-order valence-corrected chi connectivity index (χ3v) is 4.01. The standard InChI is InChI=1S/C17H28N2O/c1-2-11-20-16-10-6-7-14(12-16)17(13-18)19-15-8-4-3-5-9-15/h6-7,10,12,15,17,19H,2-5,8-9,11,13,18H2,1H3. The number of hydrogen-bond donors (Lipinski definition) is 2. The smallest absolute Gasteiger partial charge is 0.119 e. The second-order valence-corrected chi connectivity index (χ2v) is 5.71. The molecule has 3 N–H and O–H groups in total. The number of ether oxygens (including phenoxy) is 1. The molecule has 1 aliphatic rings. The lowest BCUT2D eigenvalue weighted by atomic mass is 9.94. The fourth-order valence-electron chi connectivity index (χ4n) is 2.90. The van der Waals surface area contributed by atoms with E-state index in [1.54, 1.807) is 0 Å². The van der Waals surface area contributed by atoms with Gasteiger partial charge in [-0.05, 0) is 37.0 Å². The lowest BCUT2D eigenvalue weighted by molar-refractivity contribution is 0.315. The Labute approximate surface area is 122 Å². The quantitative estimate of drug-likeness (QED) is 0.802. The van der Waals surface area contributed by atoms with Gasteiger partial charge in [-0.1, -0.05) is 38.3 Å². The molecule has 0 heterocycles. The van der Waals surface area contributed by atoms with Crippen molar-refractivity contribution in [1.29, 1.82) is 0 Å². The fraction of sp³-hybridized carbons (Fsp3) is 0.647. The Morgan fingerprint density at radius 1 is 1.30 bits per heavy atom. The van der Waals surface area contributed by atoms with Crippen LogP contribution in [0.5, 0.6) is 5.75 Å². The van der Waals surface area contributed by atoms with Gasteiger partial charge in [-0.25, -0.2) is 0 Å². The van der Waals surface area contributed by atoms with Crippen LogP contribution in [0.3, 0.4) is 0 Å². The molecule has 1 unspecified atom stereocenters. The molecule has 1 aromatic carbocycles. The van der Waals surface area contributed by atoms with Gasteiger partial charge in [0.1, 0.15) is 5.75 Å². The van der Waals surface area contributed by atoms with E-state index in [1.807, 2.05) is 6.07 Å². The zero-order chi connectivity index (χ0) is 14.2. The van der Waals surface area contributed by atoms with Gasteiger partial charge in [-0.15, -0.1) is 0 Å². The Bertz CT molecular complexity index is 388. The summed E-state index contributed by atoms with van der Waals surface area (Å²) in [5.74, 6) is 0.952. The molecule has 0 aromatic heterocycles. The van der Waals surface area contributed by atoms with E-state index in [1.165, 1.54) is 37.7 Å². The zero-order valence-corrected chi connectivity index (χ0v) is 12.6. The predicted molar refractivity (Wildman–Crippen MR) is 84.0 cm³/mol. The lowest BCUT2D eigenvalue weighted by Crippen LogP contribution is -2.37. The Balaban J connectivity index is 1.98. The highest BCUT2D eigenvalue weighted by Crippen LogP contribution is 2.23. The molecule has 0 spiro atoms. The summed E-state index contributed by atoms with van der Waals surface area (Å²) in [6, 6.07) is 9.22. The molecule has 2 rings (SSSR count). The maximum atomic E-state index is 5.97. The van der Waals surface area contributed by atoms with Crippen molar-refractivity contribution in [3.63, 3.8) is 0 Å². The molecule has 1 fully saturated rings. The first-order chi connectivity index (χ1) is 9.83. The van der Waals surface area contributed by atoms with Gasteiger partial charge >= 0.3 is 0 Å². The van der Waals surface area contributed by atoms with Gasteiger partial charge in [0.15, 0.2) is 0 Å². The van der Waals surface area contributed by atoms with Crippen LogP contribution >= 0.6 is 0 Å². The van der Waals surface area contributed by atoms with Crippen molar-refractivity contribution < 1.29 is 4.74 Å². The number of rotatable bonds is 7. The van der Waals surface area contributed by atoms with Crippen molar-refractivity contribution in [2.24, 2.45) is 5.73 Å². The summed E-state index contributed by atoms with van der Waals surface area (Å²) in [6.07, 6.45) is 7.66. The summed E-state index contributed by atoms with van der Waals surface area (Å²) in [7, 11) is 0.